The number of amides is 1. The summed E-state index contributed by atoms with van der Waals surface area (Å²) in [5.74, 6) is -1.60. The monoisotopic (exact) mass is 679 g/mol. The van der Waals surface area contributed by atoms with E-state index in [0.717, 1.165) is 21.6 Å². The number of hydrogen-bond donors (Lipinski definition) is 2. The molecule has 0 spiro atoms. The Balaban J connectivity index is 0.00000500. The molecule has 248 valence electrons. The maximum Gasteiger partial charge on any atom is 0.226 e. The second-order valence-corrected chi connectivity index (χ2v) is 13.8. The molecule has 0 aliphatic carbocycles. The van der Waals surface area contributed by atoms with Gasteiger partial charge in [-0.3, -0.25) is 14.5 Å². The van der Waals surface area contributed by atoms with Gasteiger partial charge in [0.05, 0.1) is 17.5 Å². The van der Waals surface area contributed by atoms with Crippen LogP contribution in [-0.2, 0) is 30.8 Å². The average molecular weight is 680 g/mol. The van der Waals surface area contributed by atoms with Crippen LogP contribution in [0.1, 0.15) is 49.9 Å². The molecule has 0 aliphatic rings. The highest BCUT2D eigenvalue weighted by molar-refractivity contribution is 7.22. The number of rotatable bonds is 11. The molecule has 2 aromatic heterocycles. The summed E-state index contributed by atoms with van der Waals surface area (Å²) in [6.45, 7) is 7.84. The fourth-order valence-corrected chi connectivity index (χ4v) is 6.80. The molecule has 0 aliphatic heterocycles. The van der Waals surface area contributed by atoms with E-state index in [-0.39, 0.29) is 48.2 Å². The molecule has 0 radical (unpaired) electrons. The van der Waals surface area contributed by atoms with Gasteiger partial charge in [-0.1, -0.05) is 62.4 Å². The molecule has 10 heteroatoms. The molecule has 5 aromatic rings. The standard InChI is InChI=1S/C37H39F2N3O3S.ClH/c1-23(2)35(44)40-27-16-14-25(15-17-27)34-29(21-41(5)19-24-10-7-6-8-11-24)32-33(43)26(18-37(3,4)45)20-42(36(32)46-34)22-28-30(38)12-9-13-31(28)39;/h6-17,20,23,45H,18-19,21-22H2,1-5H3,(H,40,44);1H. The molecule has 0 atom stereocenters. The molecule has 6 nitrogen and oxygen atoms in total. The Bertz CT molecular complexity index is 1900. The summed E-state index contributed by atoms with van der Waals surface area (Å²) in [5.41, 5.74) is 2.27. The fraction of sp³-hybridized carbons (Fsp3) is 0.297. The predicted molar refractivity (Wildman–Crippen MR) is 189 cm³/mol. The summed E-state index contributed by atoms with van der Waals surface area (Å²) in [7, 11) is 1.98. The molecule has 0 bridgehead atoms. The normalized spacial score (nSPS) is 11.7. The van der Waals surface area contributed by atoms with E-state index in [4.69, 9.17) is 0 Å². The summed E-state index contributed by atoms with van der Waals surface area (Å²) in [4.78, 5) is 30.1. The second-order valence-electron chi connectivity index (χ2n) is 12.8. The highest BCUT2D eigenvalue weighted by Gasteiger charge is 2.25. The van der Waals surface area contributed by atoms with Gasteiger partial charge in [-0.05, 0) is 61.9 Å². The lowest BCUT2D eigenvalue weighted by molar-refractivity contribution is -0.118. The molecule has 1 amide bonds. The highest BCUT2D eigenvalue weighted by atomic mass is 35.5. The van der Waals surface area contributed by atoms with Crippen LogP contribution < -0.4 is 10.7 Å². The van der Waals surface area contributed by atoms with Gasteiger partial charge in [0, 0.05) is 53.3 Å². The molecule has 47 heavy (non-hydrogen) atoms. The molecular weight excluding hydrogens is 640 g/mol. The Labute approximate surface area is 284 Å². The maximum atomic E-state index is 14.9. The zero-order valence-electron chi connectivity index (χ0n) is 27.1. The van der Waals surface area contributed by atoms with Gasteiger partial charge in [-0.25, -0.2) is 8.78 Å². The first-order valence-corrected chi connectivity index (χ1v) is 16.1. The number of aliphatic hydroxyl groups is 1. The molecule has 0 saturated carbocycles. The number of anilines is 1. The molecular formula is C37H40ClF2N3O3S. The van der Waals surface area contributed by atoms with Crippen molar-refractivity contribution in [2.24, 2.45) is 5.92 Å². The van der Waals surface area contributed by atoms with Gasteiger partial charge in [0.1, 0.15) is 16.5 Å². The minimum Gasteiger partial charge on any atom is -0.390 e. The van der Waals surface area contributed by atoms with Crippen LogP contribution in [0.25, 0.3) is 20.7 Å². The first kappa shape index (κ1) is 36.0. The van der Waals surface area contributed by atoms with E-state index < -0.39 is 17.2 Å². The first-order chi connectivity index (χ1) is 21.8. The lowest BCUT2D eigenvalue weighted by atomic mass is 9.97. The Hall–Kier alpha value is -3.89. The third-order valence-corrected chi connectivity index (χ3v) is 9.07. The number of halogens is 3. The van der Waals surface area contributed by atoms with Gasteiger partial charge in [0.2, 0.25) is 5.91 Å². The van der Waals surface area contributed by atoms with Crippen LogP contribution in [0, 0.1) is 17.6 Å². The summed E-state index contributed by atoms with van der Waals surface area (Å²) >= 11 is 1.39. The molecule has 0 unspecified atom stereocenters. The van der Waals surface area contributed by atoms with Crippen LogP contribution in [0.15, 0.2) is 83.8 Å². The summed E-state index contributed by atoms with van der Waals surface area (Å²) in [6, 6.07) is 21.3. The van der Waals surface area contributed by atoms with Gasteiger partial charge in [0.25, 0.3) is 0 Å². The van der Waals surface area contributed by atoms with Crippen LogP contribution in [-0.4, -0.2) is 33.1 Å². The molecule has 0 fully saturated rings. The zero-order chi connectivity index (χ0) is 33.2. The van der Waals surface area contributed by atoms with Crippen molar-refractivity contribution in [3.63, 3.8) is 0 Å². The van der Waals surface area contributed by atoms with E-state index in [1.165, 1.54) is 29.5 Å². The zero-order valence-corrected chi connectivity index (χ0v) is 28.8. The van der Waals surface area contributed by atoms with Crippen molar-refractivity contribution in [1.29, 1.82) is 0 Å². The van der Waals surface area contributed by atoms with Crippen molar-refractivity contribution in [3.8, 4) is 10.4 Å². The number of carbonyl (C=O) groups is 1. The van der Waals surface area contributed by atoms with Crippen molar-refractivity contribution in [3.05, 3.63) is 123 Å². The second kappa shape index (κ2) is 14.9. The van der Waals surface area contributed by atoms with Gasteiger partial charge in [-0.15, -0.1) is 23.7 Å². The van der Waals surface area contributed by atoms with Crippen molar-refractivity contribution in [2.45, 2.75) is 59.4 Å². The van der Waals surface area contributed by atoms with Gasteiger partial charge < -0.3 is 15.0 Å². The smallest absolute Gasteiger partial charge is 0.226 e. The molecule has 3 aromatic carbocycles. The van der Waals surface area contributed by atoms with E-state index in [2.05, 4.69) is 10.2 Å². The Morgan fingerprint density at radius 3 is 2.19 bits per heavy atom. The lowest BCUT2D eigenvalue weighted by Gasteiger charge is -2.20. The minimum atomic E-state index is -1.19. The largest absolute Gasteiger partial charge is 0.390 e. The number of pyridine rings is 1. The first-order valence-electron chi connectivity index (χ1n) is 15.3. The number of benzene rings is 3. The SMILES string of the molecule is CC(C)C(=O)Nc1ccc(-c2sc3c(c2CN(C)Cc2ccccc2)c(=O)c(CC(C)(C)O)cn3Cc2c(F)cccc2F)cc1.Cl. The Kier molecular flexibility index (Phi) is 11.4. The van der Waals surface area contributed by atoms with E-state index in [9.17, 15) is 23.5 Å². The lowest BCUT2D eigenvalue weighted by Crippen LogP contribution is -2.27. The third kappa shape index (κ3) is 8.53. The summed E-state index contributed by atoms with van der Waals surface area (Å²) in [5, 5.41) is 14.1. The van der Waals surface area contributed by atoms with Crippen molar-refractivity contribution in [2.75, 3.05) is 12.4 Å². The van der Waals surface area contributed by atoms with Crippen LogP contribution in [0.4, 0.5) is 14.5 Å². The van der Waals surface area contributed by atoms with E-state index in [1.807, 2.05) is 75.5 Å². The van der Waals surface area contributed by atoms with Crippen LogP contribution in [0.2, 0.25) is 0 Å². The highest BCUT2D eigenvalue weighted by Crippen LogP contribution is 2.39. The molecule has 5 rings (SSSR count). The quantitative estimate of drug-likeness (QED) is 0.148. The molecule has 2 N–H and O–H groups in total. The average Bonchev–Trinajstić information content (AvgIpc) is 3.36. The van der Waals surface area contributed by atoms with E-state index in [0.29, 0.717) is 34.6 Å². The van der Waals surface area contributed by atoms with Gasteiger partial charge in [0.15, 0.2) is 5.43 Å². The minimum absolute atomic E-state index is 0. The maximum absolute atomic E-state index is 14.9. The van der Waals surface area contributed by atoms with Gasteiger partial charge >= 0.3 is 0 Å². The van der Waals surface area contributed by atoms with Crippen molar-refractivity contribution in [1.82, 2.24) is 9.47 Å². The number of nitrogens with zero attached hydrogens (tertiary/aromatic N) is 2. The summed E-state index contributed by atoms with van der Waals surface area (Å²) < 4.78 is 31.5. The van der Waals surface area contributed by atoms with Crippen LogP contribution in [0.5, 0.6) is 0 Å². The number of carbonyl (C=O) groups excluding carboxylic acids is 1. The fourth-order valence-electron chi connectivity index (χ4n) is 5.51. The van der Waals surface area contributed by atoms with Crippen molar-refractivity contribution >= 4 is 45.6 Å². The van der Waals surface area contributed by atoms with Crippen LogP contribution >= 0.6 is 23.7 Å². The Morgan fingerprint density at radius 1 is 0.957 bits per heavy atom. The molecule has 0 saturated heterocycles. The summed E-state index contributed by atoms with van der Waals surface area (Å²) in [6.07, 6.45) is 1.69. The number of nitrogens with one attached hydrogen (secondary N) is 1. The third-order valence-electron chi connectivity index (χ3n) is 7.76. The number of fused-ring (bicyclic) bond motifs is 1. The molecule has 2 heterocycles. The predicted octanol–water partition coefficient (Wildman–Crippen LogP) is 8.02. The number of thiophene rings is 1. The van der Waals surface area contributed by atoms with E-state index >= 15 is 0 Å². The number of aromatic nitrogens is 1. The van der Waals surface area contributed by atoms with Crippen molar-refractivity contribution < 1.29 is 18.7 Å². The Morgan fingerprint density at radius 2 is 1.60 bits per heavy atom. The van der Waals surface area contributed by atoms with E-state index in [1.54, 1.807) is 24.6 Å². The van der Waals surface area contributed by atoms with Crippen LogP contribution in [0.3, 0.4) is 0 Å². The van der Waals surface area contributed by atoms with Gasteiger partial charge in [-0.2, -0.15) is 0 Å². The number of hydrogen-bond acceptors (Lipinski definition) is 5. The topological polar surface area (TPSA) is 74.6 Å².